The van der Waals surface area contributed by atoms with Gasteiger partial charge in [-0.05, 0) is 52.3 Å². The molecule has 0 saturated heterocycles. The van der Waals surface area contributed by atoms with Crippen LogP contribution < -0.4 is 10.6 Å². The predicted molar refractivity (Wildman–Crippen MR) is 104 cm³/mol. The molecule has 1 heterocycles. The summed E-state index contributed by atoms with van der Waals surface area (Å²) < 4.78 is 28.1. The van der Waals surface area contributed by atoms with Crippen LogP contribution >= 0.6 is 27.3 Å². The normalized spacial score (nSPS) is 10.5. The van der Waals surface area contributed by atoms with Crippen LogP contribution in [-0.2, 0) is 4.79 Å². The minimum atomic E-state index is -0.558. The molecular formula is C18H12BrF2N3O2S. The second-order valence-corrected chi connectivity index (χ2v) is 7.20. The first-order valence-electron chi connectivity index (χ1n) is 7.63. The molecule has 0 spiro atoms. The monoisotopic (exact) mass is 451 g/mol. The maximum Gasteiger partial charge on any atom is 0.258 e. The van der Waals surface area contributed by atoms with Gasteiger partial charge in [0.05, 0.1) is 11.3 Å². The number of hydrogen-bond donors (Lipinski definition) is 2. The molecule has 0 fully saturated rings. The Labute approximate surface area is 165 Å². The highest BCUT2D eigenvalue weighted by atomic mass is 79.9. The van der Waals surface area contributed by atoms with Gasteiger partial charge in [-0.1, -0.05) is 0 Å². The van der Waals surface area contributed by atoms with Gasteiger partial charge in [0.1, 0.15) is 11.6 Å². The minimum absolute atomic E-state index is 0.123. The molecule has 0 unspecified atom stereocenters. The highest BCUT2D eigenvalue weighted by Crippen LogP contribution is 2.29. The maximum atomic E-state index is 14.3. The van der Waals surface area contributed by atoms with Crippen molar-refractivity contribution >= 4 is 49.9 Å². The van der Waals surface area contributed by atoms with E-state index in [0.29, 0.717) is 15.9 Å². The average Bonchev–Trinajstić information content (AvgIpc) is 3.04. The molecule has 138 valence electrons. The first-order valence-corrected chi connectivity index (χ1v) is 9.30. The summed E-state index contributed by atoms with van der Waals surface area (Å²) in [4.78, 5) is 27.5. The quantitative estimate of drug-likeness (QED) is 0.582. The van der Waals surface area contributed by atoms with Gasteiger partial charge in [0.15, 0.2) is 5.13 Å². The lowest BCUT2D eigenvalue weighted by Gasteiger charge is -2.05. The largest absolute Gasteiger partial charge is 0.326 e. The van der Waals surface area contributed by atoms with E-state index in [4.69, 9.17) is 0 Å². The number of aromatic nitrogens is 1. The molecule has 2 aromatic carbocycles. The number of benzene rings is 2. The fourth-order valence-corrected chi connectivity index (χ4v) is 3.43. The number of nitrogens with one attached hydrogen (secondary N) is 2. The summed E-state index contributed by atoms with van der Waals surface area (Å²) >= 11 is 4.31. The Balaban J connectivity index is 1.80. The molecule has 0 radical (unpaired) electrons. The number of rotatable bonds is 4. The molecule has 9 heteroatoms. The summed E-state index contributed by atoms with van der Waals surface area (Å²) in [7, 11) is 0. The summed E-state index contributed by atoms with van der Waals surface area (Å²) in [6.45, 7) is 1.33. The molecule has 3 aromatic rings. The minimum Gasteiger partial charge on any atom is -0.326 e. The van der Waals surface area contributed by atoms with Crippen LogP contribution in [0.4, 0.5) is 19.6 Å². The molecule has 0 aliphatic carbocycles. The van der Waals surface area contributed by atoms with Crippen LogP contribution in [0.3, 0.4) is 0 Å². The Kier molecular flexibility index (Phi) is 5.62. The number of nitrogens with zero attached hydrogens (tertiary/aromatic N) is 1. The summed E-state index contributed by atoms with van der Waals surface area (Å²) in [6, 6.07) is 8.01. The number of carbonyl (C=O) groups excluding carboxylic acids is 2. The highest BCUT2D eigenvalue weighted by Gasteiger charge is 2.15. The van der Waals surface area contributed by atoms with Crippen molar-refractivity contribution in [3.05, 3.63) is 63.4 Å². The standard InChI is InChI=1S/C18H12BrF2N3O2S/c1-9(25)22-11-3-4-12(15(21)7-11)16-8-27-18(23-16)24-17(26)13-6-10(20)2-5-14(13)19/h2-8H,1H3,(H,22,25)(H,23,24,26). The van der Waals surface area contributed by atoms with E-state index in [1.54, 1.807) is 11.4 Å². The van der Waals surface area contributed by atoms with Gasteiger partial charge in [0.2, 0.25) is 5.91 Å². The van der Waals surface area contributed by atoms with Crippen molar-refractivity contribution in [2.24, 2.45) is 0 Å². The van der Waals surface area contributed by atoms with Crippen LogP contribution in [0.2, 0.25) is 0 Å². The van der Waals surface area contributed by atoms with E-state index in [1.165, 1.54) is 31.2 Å². The van der Waals surface area contributed by atoms with E-state index in [0.717, 1.165) is 17.4 Å². The summed E-state index contributed by atoms with van der Waals surface area (Å²) in [5.74, 6) is -1.94. The molecule has 0 saturated carbocycles. The van der Waals surface area contributed by atoms with Crippen LogP contribution in [-0.4, -0.2) is 16.8 Å². The van der Waals surface area contributed by atoms with Gasteiger partial charge in [-0.2, -0.15) is 0 Å². The van der Waals surface area contributed by atoms with Gasteiger partial charge >= 0.3 is 0 Å². The molecule has 2 amide bonds. The number of amides is 2. The predicted octanol–water partition coefficient (Wildman–Crippen LogP) is 5.06. The van der Waals surface area contributed by atoms with Crippen molar-refractivity contribution in [3.63, 3.8) is 0 Å². The zero-order valence-electron chi connectivity index (χ0n) is 13.8. The van der Waals surface area contributed by atoms with Crippen molar-refractivity contribution in [2.75, 3.05) is 10.6 Å². The topological polar surface area (TPSA) is 71.1 Å². The molecule has 0 aliphatic heterocycles. The van der Waals surface area contributed by atoms with Gasteiger partial charge in [-0.15, -0.1) is 11.3 Å². The van der Waals surface area contributed by atoms with Crippen LogP contribution in [0.25, 0.3) is 11.3 Å². The third-order valence-electron chi connectivity index (χ3n) is 3.46. The van der Waals surface area contributed by atoms with Gasteiger partial charge in [0, 0.05) is 28.0 Å². The van der Waals surface area contributed by atoms with Gasteiger partial charge in [0.25, 0.3) is 5.91 Å². The fraction of sp³-hybridized carbons (Fsp3) is 0.0556. The molecule has 0 atom stereocenters. The SMILES string of the molecule is CC(=O)Nc1ccc(-c2csc(NC(=O)c3cc(F)ccc3Br)n2)c(F)c1. The summed E-state index contributed by atoms with van der Waals surface area (Å²) in [5, 5.41) is 6.90. The smallest absolute Gasteiger partial charge is 0.258 e. The number of hydrogen-bond acceptors (Lipinski definition) is 4. The van der Waals surface area contributed by atoms with Crippen molar-refractivity contribution < 1.29 is 18.4 Å². The van der Waals surface area contributed by atoms with Crippen LogP contribution in [0.1, 0.15) is 17.3 Å². The Morgan fingerprint density at radius 1 is 1.11 bits per heavy atom. The van der Waals surface area contributed by atoms with Crippen LogP contribution in [0, 0.1) is 11.6 Å². The number of anilines is 2. The van der Waals surface area contributed by atoms with E-state index in [1.807, 2.05) is 0 Å². The zero-order valence-corrected chi connectivity index (χ0v) is 16.2. The number of carbonyl (C=O) groups is 2. The van der Waals surface area contributed by atoms with Gasteiger partial charge in [-0.25, -0.2) is 13.8 Å². The molecule has 5 nitrogen and oxygen atoms in total. The Morgan fingerprint density at radius 2 is 1.89 bits per heavy atom. The van der Waals surface area contributed by atoms with Crippen molar-refractivity contribution in [1.82, 2.24) is 4.98 Å². The lowest BCUT2D eigenvalue weighted by Crippen LogP contribution is -2.12. The van der Waals surface area contributed by atoms with E-state index in [2.05, 4.69) is 31.5 Å². The highest BCUT2D eigenvalue weighted by molar-refractivity contribution is 9.10. The molecule has 27 heavy (non-hydrogen) atoms. The third-order valence-corrected chi connectivity index (χ3v) is 4.91. The number of halogens is 3. The summed E-state index contributed by atoms with van der Waals surface area (Å²) in [6.07, 6.45) is 0. The molecule has 1 aromatic heterocycles. The Bertz CT molecular complexity index is 1040. The Hall–Kier alpha value is -2.65. The molecular weight excluding hydrogens is 440 g/mol. The number of thiazole rings is 1. The first-order chi connectivity index (χ1) is 12.8. The molecule has 0 bridgehead atoms. The van der Waals surface area contributed by atoms with Gasteiger partial charge < -0.3 is 5.32 Å². The first kappa shape index (κ1) is 19.1. The second-order valence-electron chi connectivity index (χ2n) is 5.49. The van der Waals surface area contributed by atoms with Crippen molar-refractivity contribution in [3.8, 4) is 11.3 Å². The molecule has 0 aliphatic rings. The zero-order chi connectivity index (χ0) is 19.6. The van der Waals surface area contributed by atoms with Crippen molar-refractivity contribution in [2.45, 2.75) is 6.92 Å². The summed E-state index contributed by atoms with van der Waals surface area (Å²) in [5.41, 5.74) is 1.02. The van der Waals surface area contributed by atoms with Crippen molar-refractivity contribution in [1.29, 1.82) is 0 Å². The van der Waals surface area contributed by atoms with Crippen LogP contribution in [0.5, 0.6) is 0 Å². The maximum absolute atomic E-state index is 14.3. The second kappa shape index (κ2) is 7.93. The van der Waals surface area contributed by atoms with Crippen LogP contribution in [0.15, 0.2) is 46.3 Å². The van der Waals surface area contributed by atoms with E-state index in [-0.39, 0.29) is 22.2 Å². The Morgan fingerprint density at radius 3 is 2.59 bits per heavy atom. The fourth-order valence-electron chi connectivity index (χ4n) is 2.29. The van der Waals surface area contributed by atoms with E-state index in [9.17, 15) is 18.4 Å². The average molecular weight is 452 g/mol. The molecule has 2 N–H and O–H groups in total. The van der Waals surface area contributed by atoms with E-state index >= 15 is 0 Å². The van der Waals surface area contributed by atoms with Gasteiger partial charge in [-0.3, -0.25) is 14.9 Å². The lowest BCUT2D eigenvalue weighted by molar-refractivity contribution is -0.114. The lowest BCUT2D eigenvalue weighted by atomic mass is 10.1. The third kappa shape index (κ3) is 4.55. The molecule has 3 rings (SSSR count). The van der Waals surface area contributed by atoms with E-state index < -0.39 is 17.5 Å².